The van der Waals surface area contributed by atoms with Crippen molar-refractivity contribution in [2.75, 3.05) is 36.8 Å². The molecular formula is C21H32N4O2. The Balaban J connectivity index is 1.49. The van der Waals surface area contributed by atoms with Crippen LogP contribution in [0.4, 0.5) is 11.4 Å². The van der Waals surface area contributed by atoms with Crippen molar-refractivity contribution in [2.45, 2.75) is 44.9 Å². The molecule has 2 amide bonds. The number of rotatable bonds is 7. The fraction of sp³-hybridized carbons (Fsp3) is 0.619. The van der Waals surface area contributed by atoms with Crippen LogP contribution in [0.5, 0.6) is 0 Å². The Morgan fingerprint density at radius 1 is 1.04 bits per heavy atom. The number of hydrogen-bond donors (Lipinski definition) is 3. The Bertz CT molecular complexity index is 643. The van der Waals surface area contributed by atoms with Crippen LogP contribution in [0.1, 0.15) is 44.9 Å². The van der Waals surface area contributed by atoms with Crippen molar-refractivity contribution in [1.29, 1.82) is 0 Å². The summed E-state index contributed by atoms with van der Waals surface area (Å²) in [5.74, 6) is 0.333. The molecule has 1 aliphatic heterocycles. The fourth-order valence-corrected chi connectivity index (χ4v) is 4.24. The molecule has 0 radical (unpaired) electrons. The molecule has 27 heavy (non-hydrogen) atoms. The molecule has 1 saturated heterocycles. The zero-order chi connectivity index (χ0) is 19.1. The molecule has 6 nitrogen and oxygen atoms in total. The van der Waals surface area contributed by atoms with E-state index in [1.807, 2.05) is 24.3 Å². The number of hydrogen-bond acceptors (Lipinski definition) is 4. The predicted octanol–water partition coefficient (Wildman–Crippen LogP) is 2.81. The van der Waals surface area contributed by atoms with E-state index < -0.39 is 0 Å². The number of carbonyl (C=O) groups is 2. The van der Waals surface area contributed by atoms with E-state index in [4.69, 9.17) is 5.73 Å². The third-order valence-electron chi connectivity index (χ3n) is 5.82. The minimum absolute atomic E-state index is 0.00205. The maximum Gasteiger partial charge on any atom is 0.227 e. The molecular weight excluding hydrogens is 340 g/mol. The van der Waals surface area contributed by atoms with Crippen LogP contribution in [0.15, 0.2) is 24.3 Å². The highest BCUT2D eigenvalue weighted by Gasteiger charge is 2.31. The third kappa shape index (κ3) is 5.78. The van der Waals surface area contributed by atoms with Gasteiger partial charge in [0, 0.05) is 30.3 Å². The second kappa shape index (κ2) is 9.85. The smallest absolute Gasteiger partial charge is 0.227 e. The quantitative estimate of drug-likeness (QED) is 0.687. The first-order chi connectivity index (χ1) is 13.2. The maximum atomic E-state index is 12.5. The maximum absolute atomic E-state index is 12.5. The van der Waals surface area contributed by atoms with Gasteiger partial charge in [-0.15, -0.1) is 0 Å². The van der Waals surface area contributed by atoms with Crippen LogP contribution in [-0.2, 0) is 9.59 Å². The zero-order valence-corrected chi connectivity index (χ0v) is 16.1. The van der Waals surface area contributed by atoms with E-state index in [1.54, 1.807) is 0 Å². The Hall–Kier alpha value is -1.92. The summed E-state index contributed by atoms with van der Waals surface area (Å²) in [7, 11) is 0. The number of nitrogens with one attached hydrogen (secondary N) is 2. The molecule has 0 spiro atoms. The van der Waals surface area contributed by atoms with E-state index in [1.165, 1.54) is 19.3 Å². The van der Waals surface area contributed by atoms with Gasteiger partial charge in [0.1, 0.15) is 0 Å². The van der Waals surface area contributed by atoms with Crippen molar-refractivity contribution in [3.63, 3.8) is 0 Å². The van der Waals surface area contributed by atoms with Crippen LogP contribution in [0.2, 0.25) is 0 Å². The number of amides is 2. The van der Waals surface area contributed by atoms with Crippen LogP contribution in [-0.4, -0.2) is 42.9 Å². The largest absolute Gasteiger partial charge is 0.330 e. The normalized spacial score (nSPS) is 23.1. The van der Waals surface area contributed by atoms with Gasteiger partial charge in [0.25, 0.3) is 0 Å². The molecule has 2 fully saturated rings. The number of carbonyl (C=O) groups excluding carboxylic acids is 2. The molecule has 1 heterocycles. The lowest BCUT2D eigenvalue weighted by atomic mass is 9.95. The average Bonchev–Trinajstić information content (AvgIpc) is 3.16. The molecule has 1 aliphatic carbocycles. The molecule has 0 aromatic heterocycles. The number of piperidine rings is 1. The van der Waals surface area contributed by atoms with Crippen LogP contribution in [0.25, 0.3) is 0 Å². The lowest BCUT2D eigenvalue weighted by Crippen LogP contribution is -2.32. The van der Waals surface area contributed by atoms with E-state index >= 15 is 0 Å². The molecule has 1 aromatic carbocycles. The molecule has 2 aliphatic rings. The van der Waals surface area contributed by atoms with E-state index in [9.17, 15) is 9.59 Å². The summed E-state index contributed by atoms with van der Waals surface area (Å²) < 4.78 is 0. The van der Waals surface area contributed by atoms with Crippen LogP contribution in [0, 0.1) is 11.8 Å². The number of benzene rings is 1. The number of nitrogens with two attached hydrogens (primary N) is 1. The molecule has 0 bridgehead atoms. The molecule has 2 atom stereocenters. The highest BCUT2D eigenvalue weighted by molar-refractivity contribution is 5.95. The van der Waals surface area contributed by atoms with E-state index in [0.29, 0.717) is 13.0 Å². The van der Waals surface area contributed by atoms with Gasteiger partial charge in [0.15, 0.2) is 0 Å². The van der Waals surface area contributed by atoms with E-state index in [2.05, 4.69) is 15.5 Å². The monoisotopic (exact) mass is 372 g/mol. The summed E-state index contributed by atoms with van der Waals surface area (Å²) in [6.45, 7) is 3.56. The molecule has 1 saturated carbocycles. The molecule has 1 aromatic rings. The molecule has 3 rings (SSSR count). The zero-order valence-electron chi connectivity index (χ0n) is 16.1. The summed E-state index contributed by atoms with van der Waals surface area (Å²) in [5.41, 5.74) is 7.23. The second-order valence-corrected chi connectivity index (χ2v) is 7.80. The Labute approximate surface area is 161 Å². The van der Waals surface area contributed by atoms with Crippen LogP contribution in [0.3, 0.4) is 0 Å². The third-order valence-corrected chi connectivity index (χ3v) is 5.82. The first-order valence-corrected chi connectivity index (χ1v) is 10.3. The van der Waals surface area contributed by atoms with E-state index in [-0.39, 0.29) is 23.7 Å². The highest BCUT2D eigenvalue weighted by atomic mass is 16.2. The fourth-order valence-electron chi connectivity index (χ4n) is 4.24. The number of anilines is 2. The standard InChI is InChI=1S/C21H32N4O2/c22-15-16-6-4-9-19(16)21(27)24-18-8-5-7-17(14-18)23-20(26)10-13-25-11-2-1-3-12-25/h5,7-8,14,16,19H,1-4,6,9-13,15,22H2,(H,23,26)(H,24,27)/t16-,19-/m1/s1. The van der Waals surface area contributed by atoms with Gasteiger partial charge in [-0.3, -0.25) is 9.59 Å². The summed E-state index contributed by atoms with van der Waals surface area (Å²) in [6.07, 6.45) is 7.26. The van der Waals surface area contributed by atoms with E-state index in [0.717, 1.165) is 50.3 Å². The SMILES string of the molecule is NC[C@H]1CCC[C@H]1C(=O)Nc1cccc(NC(=O)CCN2CCCCC2)c1. The minimum atomic E-state index is -0.00205. The average molecular weight is 373 g/mol. The first-order valence-electron chi connectivity index (χ1n) is 10.3. The topological polar surface area (TPSA) is 87.5 Å². The number of nitrogens with zero attached hydrogens (tertiary/aromatic N) is 1. The summed E-state index contributed by atoms with van der Waals surface area (Å²) in [6, 6.07) is 7.38. The number of likely N-dealkylation sites (tertiary alicyclic amines) is 1. The summed E-state index contributed by atoms with van der Waals surface area (Å²) in [4.78, 5) is 27.1. The van der Waals surface area contributed by atoms with Crippen molar-refractivity contribution in [3.8, 4) is 0 Å². The predicted molar refractivity (Wildman–Crippen MR) is 108 cm³/mol. The minimum Gasteiger partial charge on any atom is -0.330 e. The Kier molecular flexibility index (Phi) is 7.24. The lowest BCUT2D eigenvalue weighted by Gasteiger charge is -2.25. The van der Waals surface area contributed by atoms with Gasteiger partial charge in [0.05, 0.1) is 0 Å². The van der Waals surface area contributed by atoms with Crippen LogP contribution < -0.4 is 16.4 Å². The lowest BCUT2D eigenvalue weighted by molar-refractivity contribution is -0.120. The van der Waals surface area contributed by atoms with Gasteiger partial charge in [-0.25, -0.2) is 0 Å². The van der Waals surface area contributed by atoms with Gasteiger partial charge < -0.3 is 21.3 Å². The Morgan fingerprint density at radius 2 is 1.78 bits per heavy atom. The van der Waals surface area contributed by atoms with Gasteiger partial charge in [-0.05, 0) is 69.4 Å². The van der Waals surface area contributed by atoms with Crippen molar-refractivity contribution >= 4 is 23.2 Å². The van der Waals surface area contributed by atoms with Gasteiger partial charge in [-0.2, -0.15) is 0 Å². The van der Waals surface area contributed by atoms with Gasteiger partial charge in [0.2, 0.25) is 11.8 Å². The first kappa shape index (κ1) is 19.8. The molecule has 4 N–H and O–H groups in total. The second-order valence-electron chi connectivity index (χ2n) is 7.80. The van der Waals surface area contributed by atoms with Crippen molar-refractivity contribution in [2.24, 2.45) is 17.6 Å². The Morgan fingerprint density at radius 3 is 2.52 bits per heavy atom. The molecule has 6 heteroatoms. The van der Waals surface area contributed by atoms with Crippen molar-refractivity contribution in [3.05, 3.63) is 24.3 Å². The van der Waals surface area contributed by atoms with Gasteiger partial charge >= 0.3 is 0 Å². The highest BCUT2D eigenvalue weighted by Crippen LogP contribution is 2.32. The van der Waals surface area contributed by atoms with Crippen LogP contribution >= 0.6 is 0 Å². The van der Waals surface area contributed by atoms with Crippen molar-refractivity contribution in [1.82, 2.24) is 4.90 Å². The van der Waals surface area contributed by atoms with Gasteiger partial charge in [-0.1, -0.05) is 18.9 Å². The molecule has 0 unspecified atom stereocenters. The van der Waals surface area contributed by atoms with Crippen molar-refractivity contribution < 1.29 is 9.59 Å². The summed E-state index contributed by atoms with van der Waals surface area (Å²) in [5, 5.41) is 5.94. The summed E-state index contributed by atoms with van der Waals surface area (Å²) >= 11 is 0. The molecule has 148 valence electrons.